The van der Waals surface area contributed by atoms with Crippen LogP contribution in [0.15, 0.2) is 116 Å². The molecule has 0 amide bonds. The Bertz CT molecular complexity index is 1550. The minimum absolute atomic E-state index is 0.244. The standard InChI is InChI=1S/C11H15N.C10H14O.C9H14N2O.C9H14N2.C9H13NO/c1-9(2)12-7-10-5-3-4-6-11(10)8-12;1-9(2)11-8-10-6-4-3-5-7-10;1-7(2)12-6-9-5-10-8(3)4-11-9;2*1-8(2)11-7-9-5-3-4-6-10-9/h3-6,9H,7-8H2,1-2H3;3-7,9H,8H2,1-2H3;4-5,7H,6H2,1-3H3;3-6,8,11H,7H2,1-2H3;3-6,8H,7H2,1-2H3. The molecule has 0 saturated carbocycles. The number of pyridine rings is 2. The number of benzene rings is 2. The normalized spacial score (nSPS) is 11.9. The van der Waals surface area contributed by atoms with E-state index >= 15 is 0 Å². The molecular weight excluding hydrogens is 709 g/mol. The molecule has 9 nitrogen and oxygen atoms in total. The van der Waals surface area contributed by atoms with Crippen LogP contribution in [0.5, 0.6) is 0 Å². The van der Waals surface area contributed by atoms with Gasteiger partial charge in [-0.25, -0.2) is 0 Å². The molecule has 1 aliphatic rings. The van der Waals surface area contributed by atoms with Crippen molar-refractivity contribution in [3.63, 3.8) is 0 Å². The van der Waals surface area contributed by atoms with E-state index in [4.69, 9.17) is 14.2 Å². The fourth-order valence-electron chi connectivity index (χ4n) is 4.85. The summed E-state index contributed by atoms with van der Waals surface area (Å²) in [5, 5.41) is 3.30. The van der Waals surface area contributed by atoms with Crippen molar-refractivity contribution in [1.29, 1.82) is 0 Å². The summed E-state index contributed by atoms with van der Waals surface area (Å²) in [6.07, 6.45) is 7.92. The van der Waals surface area contributed by atoms with Gasteiger partial charge >= 0.3 is 0 Å². The van der Waals surface area contributed by atoms with E-state index in [-0.39, 0.29) is 12.2 Å². The summed E-state index contributed by atoms with van der Waals surface area (Å²) >= 11 is 0. The molecule has 0 saturated heterocycles. The monoisotopic (exact) mass is 779 g/mol. The smallest absolute Gasteiger partial charge is 0.0907 e. The maximum absolute atomic E-state index is 5.43. The second-order valence-electron chi connectivity index (χ2n) is 15.2. The Balaban J connectivity index is 0.000000246. The first kappa shape index (κ1) is 48.8. The van der Waals surface area contributed by atoms with E-state index in [2.05, 4.69) is 94.2 Å². The molecule has 0 atom stereocenters. The van der Waals surface area contributed by atoms with E-state index in [1.807, 2.05) is 109 Å². The van der Waals surface area contributed by atoms with Gasteiger partial charge < -0.3 is 19.5 Å². The Morgan fingerprint density at radius 1 is 0.526 bits per heavy atom. The van der Waals surface area contributed by atoms with Crippen LogP contribution in [0.2, 0.25) is 0 Å². The van der Waals surface area contributed by atoms with Crippen LogP contribution in [0.3, 0.4) is 0 Å². The zero-order chi connectivity index (χ0) is 41.8. The molecule has 0 unspecified atom stereocenters. The second-order valence-corrected chi connectivity index (χ2v) is 15.2. The Morgan fingerprint density at radius 3 is 1.47 bits per heavy atom. The van der Waals surface area contributed by atoms with E-state index in [1.165, 1.54) is 16.7 Å². The number of fused-ring (bicyclic) bond motifs is 1. The van der Waals surface area contributed by atoms with Crippen molar-refractivity contribution >= 4 is 0 Å². The molecule has 0 fully saturated rings. The molecular formula is C48H70N6O3. The first-order valence-corrected chi connectivity index (χ1v) is 20.3. The van der Waals surface area contributed by atoms with Crippen LogP contribution in [0.1, 0.15) is 109 Å². The number of ether oxygens (including phenoxy) is 3. The number of nitrogens with one attached hydrogen (secondary N) is 1. The molecule has 6 rings (SSSR count). The van der Waals surface area contributed by atoms with Crippen molar-refractivity contribution in [1.82, 2.24) is 30.2 Å². The maximum atomic E-state index is 5.43. The van der Waals surface area contributed by atoms with Gasteiger partial charge in [-0.05, 0) is 103 Å². The van der Waals surface area contributed by atoms with E-state index in [0.717, 1.165) is 49.0 Å². The predicted octanol–water partition coefficient (Wildman–Crippen LogP) is 10.3. The zero-order valence-corrected chi connectivity index (χ0v) is 36.6. The minimum atomic E-state index is 0.244. The minimum Gasteiger partial charge on any atom is -0.374 e. The lowest BCUT2D eigenvalue weighted by molar-refractivity contribution is 0.0633. The molecule has 3 aromatic heterocycles. The maximum Gasteiger partial charge on any atom is 0.0907 e. The molecule has 0 aliphatic carbocycles. The number of aromatic nitrogens is 4. The summed E-state index contributed by atoms with van der Waals surface area (Å²) < 4.78 is 16.2. The van der Waals surface area contributed by atoms with E-state index in [9.17, 15) is 0 Å². The lowest BCUT2D eigenvalue weighted by Crippen LogP contribution is -2.24. The highest BCUT2D eigenvalue weighted by atomic mass is 16.5. The van der Waals surface area contributed by atoms with E-state index in [1.54, 1.807) is 18.6 Å². The van der Waals surface area contributed by atoms with Gasteiger partial charge in [-0.3, -0.25) is 24.8 Å². The third kappa shape index (κ3) is 24.1. The molecule has 0 radical (unpaired) electrons. The highest BCUT2D eigenvalue weighted by Gasteiger charge is 2.19. The number of nitrogens with zero attached hydrogens (tertiary/aromatic N) is 5. The fraction of sp³-hybridized carbons (Fsp3) is 0.458. The van der Waals surface area contributed by atoms with Crippen molar-refractivity contribution < 1.29 is 14.2 Å². The molecule has 5 aromatic rings. The molecule has 1 aliphatic heterocycles. The van der Waals surface area contributed by atoms with Crippen LogP contribution in [0.4, 0.5) is 0 Å². The third-order valence-electron chi connectivity index (χ3n) is 8.13. The van der Waals surface area contributed by atoms with Gasteiger partial charge in [0.15, 0.2) is 0 Å². The Labute approximate surface area is 344 Å². The molecule has 0 bridgehead atoms. The van der Waals surface area contributed by atoms with Crippen LogP contribution < -0.4 is 5.32 Å². The summed E-state index contributed by atoms with van der Waals surface area (Å²) in [6.45, 7) is 27.8. The average Bonchev–Trinajstić information content (AvgIpc) is 3.66. The Kier molecular flexibility index (Phi) is 24.7. The largest absolute Gasteiger partial charge is 0.374 e. The topological polar surface area (TPSA) is 94.5 Å². The average molecular weight is 779 g/mol. The van der Waals surface area contributed by atoms with Crippen molar-refractivity contribution in [3.8, 4) is 0 Å². The molecule has 2 aromatic carbocycles. The van der Waals surface area contributed by atoms with Gasteiger partial charge in [0, 0.05) is 50.3 Å². The number of hydrogen-bond donors (Lipinski definition) is 1. The van der Waals surface area contributed by atoms with Gasteiger partial charge in [-0.15, -0.1) is 0 Å². The number of hydrogen-bond acceptors (Lipinski definition) is 9. The SMILES string of the molecule is CC(C)N1Cc2ccccc2C1.CC(C)NCc1ccccn1.CC(C)OCc1ccccc1.CC(C)OCc1ccccn1.Cc1cnc(COC(C)C)cn1. The van der Waals surface area contributed by atoms with E-state index in [0.29, 0.717) is 31.4 Å². The van der Waals surface area contributed by atoms with Gasteiger partial charge in [0.05, 0.1) is 67.1 Å². The molecule has 57 heavy (non-hydrogen) atoms. The number of rotatable bonds is 13. The lowest BCUT2D eigenvalue weighted by Gasteiger charge is -2.18. The van der Waals surface area contributed by atoms with Crippen LogP contribution in [-0.2, 0) is 53.7 Å². The van der Waals surface area contributed by atoms with Crippen molar-refractivity contribution in [2.45, 2.75) is 146 Å². The van der Waals surface area contributed by atoms with Crippen molar-refractivity contribution in [2.24, 2.45) is 0 Å². The van der Waals surface area contributed by atoms with Gasteiger partial charge in [0.1, 0.15) is 0 Å². The van der Waals surface area contributed by atoms with Crippen molar-refractivity contribution in [3.05, 3.63) is 155 Å². The predicted molar refractivity (Wildman–Crippen MR) is 234 cm³/mol. The van der Waals surface area contributed by atoms with Crippen LogP contribution in [-0.4, -0.2) is 55.2 Å². The molecule has 1 N–H and O–H groups in total. The molecule has 310 valence electrons. The quantitative estimate of drug-likeness (QED) is 0.125. The molecule has 0 spiro atoms. The highest BCUT2D eigenvalue weighted by Crippen LogP contribution is 2.23. The summed E-state index contributed by atoms with van der Waals surface area (Å²) in [7, 11) is 0. The van der Waals surface area contributed by atoms with Gasteiger partial charge in [-0.1, -0.05) is 80.6 Å². The first-order valence-electron chi connectivity index (χ1n) is 20.3. The first-order chi connectivity index (χ1) is 27.3. The van der Waals surface area contributed by atoms with Gasteiger partial charge in [0.2, 0.25) is 0 Å². The lowest BCUT2D eigenvalue weighted by atomic mass is 10.1. The summed E-state index contributed by atoms with van der Waals surface area (Å²) in [5.41, 5.74) is 8.15. The highest BCUT2D eigenvalue weighted by molar-refractivity contribution is 5.30. The van der Waals surface area contributed by atoms with Gasteiger partial charge in [0.25, 0.3) is 0 Å². The Hall–Kier alpha value is -4.38. The summed E-state index contributed by atoms with van der Waals surface area (Å²) in [4.78, 5) is 19.1. The van der Waals surface area contributed by atoms with Crippen molar-refractivity contribution in [2.75, 3.05) is 0 Å². The zero-order valence-electron chi connectivity index (χ0n) is 36.6. The summed E-state index contributed by atoms with van der Waals surface area (Å²) in [6, 6.07) is 31.9. The number of aryl methyl sites for hydroxylation is 1. The Morgan fingerprint density at radius 2 is 1.02 bits per heavy atom. The fourth-order valence-corrected chi connectivity index (χ4v) is 4.85. The van der Waals surface area contributed by atoms with E-state index < -0.39 is 0 Å². The molecule has 9 heteroatoms. The van der Waals surface area contributed by atoms with Crippen LogP contribution in [0.25, 0.3) is 0 Å². The third-order valence-corrected chi connectivity index (χ3v) is 8.13. The van der Waals surface area contributed by atoms with Gasteiger partial charge in [-0.2, -0.15) is 0 Å². The molecule has 4 heterocycles. The second kappa shape index (κ2) is 28.9. The van der Waals surface area contributed by atoms with Crippen LogP contribution in [0, 0.1) is 6.92 Å². The van der Waals surface area contributed by atoms with Crippen LogP contribution >= 0.6 is 0 Å². The summed E-state index contributed by atoms with van der Waals surface area (Å²) in [5.74, 6) is 0.